The van der Waals surface area contributed by atoms with Crippen molar-refractivity contribution < 1.29 is 9.53 Å². The molecule has 1 heterocycles. The molecule has 0 aromatic rings. The Balaban J connectivity index is 0.00000200. The van der Waals surface area contributed by atoms with Crippen molar-refractivity contribution in [1.82, 2.24) is 10.6 Å². The Morgan fingerprint density at radius 1 is 1.35 bits per heavy atom. The fourth-order valence-corrected chi connectivity index (χ4v) is 3.38. The molecule has 2 aliphatic rings. The summed E-state index contributed by atoms with van der Waals surface area (Å²) in [4.78, 5) is 12.1. The summed E-state index contributed by atoms with van der Waals surface area (Å²) < 4.78 is 5.39. The molecule has 118 valence electrons. The molecule has 5 heteroatoms. The highest BCUT2D eigenvalue weighted by Gasteiger charge is 2.29. The van der Waals surface area contributed by atoms with Crippen LogP contribution in [-0.2, 0) is 9.53 Å². The number of hydrogen-bond donors (Lipinski definition) is 2. The van der Waals surface area contributed by atoms with Crippen LogP contribution >= 0.6 is 12.4 Å². The highest BCUT2D eigenvalue weighted by molar-refractivity contribution is 5.85. The number of carbonyl (C=O) groups is 1. The van der Waals surface area contributed by atoms with Crippen molar-refractivity contribution in [2.45, 2.75) is 58.0 Å². The van der Waals surface area contributed by atoms with Crippen molar-refractivity contribution in [3.63, 3.8) is 0 Å². The van der Waals surface area contributed by atoms with Crippen LogP contribution in [0.2, 0.25) is 0 Å². The van der Waals surface area contributed by atoms with Crippen LogP contribution in [0.4, 0.5) is 0 Å². The van der Waals surface area contributed by atoms with E-state index in [-0.39, 0.29) is 24.4 Å². The van der Waals surface area contributed by atoms with Gasteiger partial charge in [0, 0.05) is 25.0 Å². The van der Waals surface area contributed by atoms with Gasteiger partial charge in [-0.25, -0.2) is 0 Å². The molecular weight excluding hydrogens is 276 g/mol. The zero-order valence-corrected chi connectivity index (χ0v) is 13.5. The Labute approximate surface area is 128 Å². The summed E-state index contributed by atoms with van der Waals surface area (Å²) in [5, 5.41) is 6.60. The van der Waals surface area contributed by atoms with Gasteiger partial charge in [-0.3, -0.25) is 4.79 Å². The van der Waals surface area contributed by atoms with Crippen LogP contribution in [-0.4, -0.2) is 37.7 Å². The van der Waals surface area contributed by atoms with Crippen LogP contribution in [0.5, 0.6) is 0 Å². The molecule has 0 aromatic carbocycles. The lowest BCUT2D eigenvalue weighted by atomic mass is 9.78. The SMILES string of the molecule is CC(C)C1CCCCC1NC(=O)CC1COCCN1.Cl. The highest BCUT2D eigenvalue weighted by atomic mass is 35.5. The Hall–Kier alpha value is -0.320. The van der Waals surface area contributed by atoms with Gasteiger partial charge in [-0.1, -0.05) is 26.7 Å². The maximum Gasteiger partial charge on any atom is 0.221 e. The number of amides is 1. The maximum atomic E-state index is 12.1. The maximum absolute atomic E-state index is 12.1. The lowest BCUT2D eigenvalue weighted by Gasteiger charge is -2.35. The number of morpholine rings is 1. The summed E-state index contributed by atoms with van der Waals surface area (Å²) >= 11 is 0. The van der Waals surface area contributed by atoms with Crippen molar-refractivity contribution in [3.8, 4) is 0 Å². The normalized spacial score (nSPS) is 30.6. The molecule has 1 saturated carbocycles. The van der Waals surface area contributed by atoms with E-state index >= 15 is 0 Å². The lowest BCUT2D eigenvalue weighted by molar-refractivity contribution is -0.123. The number of rotatable bonds is 4. The number of carbonyl (C=O) groups excluding carboxylic acids is 1. The minimum absolute atomic E-state index is 0. The predicted octanol–water partition coefficient (Wildman–Crippen LogP) is 2.12. The summed E-state index contributed by atoms with van der Waals surface area (Å²) in [5.41, 5.74) is 0. The molecule has 0 spiro atoms. The third-order valence-electron chi connectivity index (χ3n) is 4.45. The van der Waals surface area contributed by atoms with E-state index in [0.717, 1.165) is 19.6 Å². The van der Waals surface area contributed by atoms with E-state index in [1.165, 1.54) is 19.3 Å². The molecule has 3 atom stereocenters. The van der Waals surface area contributed by atoms with Crippen molar-refractivity contribution in [3.05, 3.63) is 0 Å². The summed E-state index contributed by atoms with van der Waals surface area (Å²) in [6.45, 7) is 6.81. The summed E-state index contributed by atoms with van der Waals surface area (Å²) in [5.74, 6) is 1.48. The standard InChI is InChI=1S/C15H28N2O2.ClH/c1-11(2)13-5-3-4-6-14(13)17-15(18)9-12-10-19-8-7-16-12;/h11-14,16H,3-10H2,1-2H3,(H,17,18);1H. The monoisotopic (exact) mass is 304 g/mol. The molecule has 1 saturated heterocycles. The van der Waals surface area contributed by atoms with Gasteiger partial charge in [0.2, 0.25) is 5.91 Å². The van der Waals surface area contributed by atoms with Gasteiger partial charge in [0.05, 0.1) is 13.2 Å². The molecule has 4 nitrogen and oxygen atoms in total. The average molecular weight is 305 g/mol. The van der Waals surface area contributed by atoms with E-state index in [2.05, 4.69) is 24.5 Å². The van der Waals surface area contributed by atoms with Gasteiger partial charge in [0.15, 0.2) is 0 Å². The molecule has 0 aromatic heterocycles. The van der Waals surface area contributed by atoms with Crippen LogP contribution in [0.15, 0.2) is 0 Å². The molecule has 2 N–H and O–H groups in total. The number of nitrogens with one attached hydrogen (secondary N) is 2. The second-order valence-corrected chi connectivity index (χ2v) is 6.30. The second kappa shape index (κ2) is 8.85. The first-order chi connectivity index (χ1) is 9.16. The third kappa shape index (κ3) is 5.23. The average Bonchev–Trinajstić information content (AvgIpc) is 2.40. The zero-order valence-electron chi connectivity index (χ0n) is 12.7. The molecule has 1 aliphatic heterocycles. The summed E-state index contributed by atoms with van der Waals surface area (Å²) in [7, 11) is 0. The molecular formula is C15H29ClN2O2. The fraction of sp³-hybridized carbons (Fsp3) is 0.933. The van der Waals surface area contributed by atoms with Gasteiger partial charge >= 0.3 is 0 Å². The Morgan fingerprint density at radius 3 is 2.75 bits per heavy atom. The molecule has 1 aliphatic carbocycles. The first kappa shape index (κ1) is 17.7. The summed E-state index contributed by atoms with van der Waals surface area (Å²) in [6, 6.07) is 0.570. The third-order valence-corrected chi connectivity index (χ3v) is 4.45. The van der Waals surface area contributed by atoms with Crippen LogP contribution in [0, 0.1) is 11.8 Å². The number of ether oxygens (including phenoxy) is 1. The largest absolute Gasteiger partial charge is 0.378 e. The zero-order chi connectivity index (χ0) is 13.7. The minimum atomic E-state index is 0. The van der Waals surface area contributed by atoms with Gasteiger partial charge in [0.25, 0.3) is 0 Å². The Morgan fingerprint density at radius 2 is 2.10 bits per heavy atom. The van der Waals surface area contributed by atoms with E-state index < -0.39 is 0 Å². The van der Waals surface area contributed by atoms with E-state index in [9.17, 15) is 4.79 Å². The van der Waals surface area contributed by atoms with Crippen LogP contribution in [0.25, 0.3) is 0 Å². The van der Waals surface area contributed by atoms with E-state index in [0.29, 0.717) is 30.9 Å². The molecule has 20 heavy (non-hydrogen) atoms. The van der Waals surface area contributed by atoms with Crippen molar-refractivity contribution >= 4 is 18.3 Å². The molecule has 2 rings (SSSR count). The van der Waals surface area contributed by atoms with Gasteiger partial charge in [-0.15, -0.1) is 12.4 Å². The van der Waals surface area contributed by atoms with Gasteiger partial charge < -0.3 is 15.4 Å². The van der Waals surface area contributed by atoms with E-state index in [4.69, 9.17) is 4.74 Å². The van der Waals surface area contributed by atoms with Crippen LogP contribution < -0.4 is 10.6 Å². The Kier molecular flexibility index (Phi) is 7.85. The van der Waals surface area contributed by atoms with Crippen LogP contribution in [0.3, 0.4) is 0 Å². The first-order valence-electron chi connectivity index (χ1n) is 7.77. The molecule has 0 bridgehead atoms. The topological polar surface area (TPSA) is 50.4 Å². The Bertz CT molecular complexity index is 294. The van der Waals surface area contributed by atoms with Gasteiger partial charge in [0.1, 0.15) is 0 Å². The van der Waals surface area contributed by atoms with E-state index in [1.54, 1.807) is 0 Å². The lowest BCUT2D eigenvalue weighted by Crippen LogP contribution is -2.48. The number of halogens is 1. The van der Waals surface area contributed by atoms with Crippen LogP contribution in [0.1, 0.15) is 46.0 Å². The van der Waals surface area contributed by atoms with Crippen molar-refractivity contribution in [2.24, 2.45) is 11.8 Å². The van der Waals surface area contributed by atoms with Crippen molar-refractivity contribution in [1.29, 1.82) is 0 Å². The van der Waals surface area contributed by atoms with Crippen molar-refractivity contribution in [2.75, 3.05) is 19.8 Å². The first-order valence-corrected chi connectivity index (χ1v) is 7.77. The molecule has 0 radical (unpaired) electrons. The fourth-order valence-electron chi connectivity index (χ4n) is 3.38. The summed E-state index contributed by atoms with van der Waals surface area (Å²) in [6.07, 6.45) is 5.50. The van der Waals surface area contributed by atoms with Gasteiger partial charge in [-0.05, 0) is 24.7 Å². The smallest absolute Gasteiger partial charge is 0.221 e. The highest BCUT2D eigenvalue weighted by Crippen LogP contribution is 2.30. The quantitative estimate of drug-likeness (QED) is 0.836. The predicted molar refractivity (Wildman–Crippen MR) is 83.2 cm³/mol. The van der Waals surface area contributed by atoms with E-state index in [1.807, 2.05) is 0 Å². The minimum Gasteiger partial charge on any atom is -0.378 e. The van der Waals surface area contributed by atoms with Gasteiger partial charge in [-0.2, -0.15) is 0 Å². The molecule has 1 amide bonds. The second-order valence-electron chi connectivity index (χ2n) is 6.30. The molecule has 3 unspecified atom stereocenters. The molecule has 2 fully saturated rings. The number of hydrogen-bond acceptors (Lipinski definition) is 3.